The number of rotatable bonds is 4. The number of nitrogens with zero attached hydrogens (tertiary/aromatic N) is 1. The van der Waals surface area contributed by atoms with E-state index in [1.807, 2.05) is 0 Å². The maximum absolute atomic E-state index is 12.3. The van der Waals surface area contributed by atoms with Crippen molar-refractivity contribution in [1.29, 1.82) is 0 Å². The Balaban J connectivity index is 0.00000225. The number of hydrogen-bond acceptors (Lipinski definition) is 2. The van der Waals surface area contributed by atoms with Gasteiger partial charge in [0, 0.05) is 6.20 Å². The summed E-state index contributed by atoms with van der Waals surface area (Å²) in [6.07, 6.45) is 3.17. The fourth-order valence-electron chi connectivity index (χ4n) is 0.942. The van der Waals surface area contributed by atoms with Gasteiger partial charge in [0.25, 0.3) is 0 Å². The van der Waals surface area contributed by atoms with Crippen molar-refractivity contribution < 1.29 is 69.1 Å². The minimum absolute atomic E-state index is 0. The fourth-order valence-corrected chi connectivity index (χ4v) is 0.942. The van der Waals surface area contributed by atoms with E-state index < -0.39 is 12.4 Å². The van der Waals surface area contributed by atoms with Crippen molar-refractivity contribution in [2.24, 2.45) is 0 Å². The van der Waals surface area contributed by atoms with E-state index in [1.54, 1.807) is 6.92 Å². The monoisotopic (exact) mass is 255 g/mol. The zero-order valence-electron chi connectivity index (χ0n) is 9.16. The molecule has 16 heavy (non-hydrogen) atoms. The van der Waals surface area contributed by atoms with Gasteiger partial charge < -0.3 is 17.7 Å². The molecule has 1 unspecified atom stereocenters. The summed E-state index contributed by atoms with van der Waals surface area (Å²) in [5.41, 5.74) is -0.760. The van der Waals surface area contributed by atoms with Crippen molar-refractivity contribution in [1.82, 2.24) is 4.98 Å². The van der Waals surface area contributed by atoms with Gasteiger partial charge in [0.1, 0.15) is 11.9 Å². The molecule has 1 aromatic rings. The average Bonchev–Trinajstić information content (AvgIpc) is 2.17. The van der Waals surface area contributed by atoms with Crippen LogP contribution in [0, 0.1) is 0 Å². The van der Waals surface area contributed by atoms with E-state index in [0.717, 1.165) is 12.3 Å². The molecule has 0 aliphatic carbocycles. The predicted molar refractivity (Wildman–Crippen MR) is 53.2 cm³/mol. The Morgan fingerprint density at radius 2 is 2.06 bits per heavy atom. The molecule has 1 rings (SSSR count). The summed E-state index contributed by atoms with van der Waals surface area (Å²) in [6.45, 7) is 0.116. The zero-order chi connectivity index (χ0) is 11.5. The van der Waals surface area contributed by atoms with Crippen LogP contribution in [0.2, 0.25) is 0 Å². The maximum atomic E-state index is 12.3. The van der Waals surface area contributed by atoms with Gasteiger partial charge in [0.2, 0.25) is 0 Å². The topological polar surface area (TPSA) is 22.1 Å². The fraction of sp³-hybridized carbons (Fsp3) is 0.222. The normalized spacial score (nSPS) is 12.5. The minimum Gasteiger partial charge on any atom is -0.485 e. The first kappa shape index (κ1) is 16.2. The van der Waals surface area contributed by atoms with Gasteiger partial charge in [-0.25, -0.2) is 0 Å². The maximum Gasteiger partial charge on any atom is 1.00 e. The molecule has 0 spiro atoms. The Labute approximate surface area is 135 Å². The van der Waals surface area contributed by atoms with Crippen LogP contribution in [0.3, 0.4) is 0 Å². The van der Waals surface area contributed by atoms with Crippen LogP contribution >= 0.6 is 0 Å². The first-order valence-electron chi connectivity index (χ1n) is 4.37. The molecular formula is C9H10BF3KNO. The molecule has 0 aliphatic heterocycles. The van der Waals surface area contributed by atoms with Crippen LogP contribution in [-0.4, -0.2) is 18.1 Å². The molecule has 1 aromatic heterocycles. The van der Waals surface area contributed by atoms with Gasteiger partial charge in [-0.15, -0.1) is 0 Å². The van der Waals surface area contributed by atoms with Crippen LogP contribution in [-0.2, 0) is 0 Å². The van der Waals surface area contributed by atoms with Crippen molar-refractivity contribution in [3.8, 4) is 5.75 Å². The van der Waals surface area contributed by atoms with E-state index in [0.29, 0.717) is 0 Å². The van der Waals surface area contributed by atoms with Crippen LogP contribution in [0.25, 0.3) is 0 Å². The van der Waals surface area contributed by atoms with Crippen LogP contribution < -0.4 is 61.6 Å². The van der Waals surface area contributed by atoms with Gasteiger partial charge in [-0.2, -0.15) is 0 Å². The first-order valence-corrected chi connectivity index (χ1v) is 4.37. The van der Waals surface area contributed by atoms with E-state index >= 15 is 0 Å². The van der Waals surface area contributed by atoms with Gasteiger partial charge in [0.15, 0.2) is 0 Å². The molecule has 82 valence electrons. The molecule has 1 heterocycles. The van der Waals surface area contributed by atoms with Crippen LogP contribution in [0.4, 0.5) is 12.9 Å². The van der Waals surface area contributed by atoms with Gasteiger partial charge in [-0.05, 0) is 13.0 Å². The largest absolute Gasteiger partial charge is 1.00 e. The van der Waals surface area contributed by atoms with Crippen LogP contribution in [0.5, 0.6) is 5.75 Å². The van der Waals surface area contributed by atoms with Gasteiger partial charge in [-0.3, -0.25) is 4.98 Å². The molecule has 0 fully saturated rings. The molecule has 0 aliphatic rings. The predicted octanol–water partition coefficient (Wildman–Crippen LogP) is -0.907. The summed E-state index contributed by atoms with van der Waals surface area (Å²) in [5, 5.41) is 0. The second kappa shape index (κ2) is 6.81. The first-order chi connectivity index (χ1) is 6.93. The molecule has 0 saturated heterocycles. The van der Waals surface area contributed by atoms with Crippen molar-refractivity contribution in [3.05, 3.63) is 31.1 Å². The molecular weight excluding hydrogens is 245 g/mol. The minimum atomic E-state index is -5.03. The Morgan fingerprint density at radius 1 is 1.44 bits per heavy atom. The van der Waals surface area contributed by atoms with Crippen LogP contribution in [0.15, 0.2) is 31.1 Å². The SMILES string of the molecule is C=CC(C)Oc1cncc([B-](F)(F)F)c1.[K+]. The average molecular weight is 255 g/mol. The molecule has 1 atom stereocenters. The van der Waals surface area contributed by atoms with Gasteiger partial charge in [-0.1, -0.05) is 18.1 Å². The van der Waals surface area contributed by atoms with E-state index in [-0.39, 0.29) is 63.2 Å². The smallest absolute Gasteiger partial charge is 0.485 e. The Morgan fingerprint density at radius 3 is 2.56 bits per heavy atom. The van der Waals surface area contributed by atoms with E-state index in [1.165, 1.54) is 12.3 Å². The van der Waals surface area contributed by atoms with Crippen molar-refractivity contribution >= 4 is 12.4 Å². The second-order valence-electron chi connectivity index (χ2n) is 3.09. The Bertz CT molecular complexity index is 359. The summed E-state index contributed by atoms with van der Waals surface area (Å²) in [4.78, 5) is 3.47. The number of pyridine rings is 1. The van der Waals surface area contributed by atoms with Crippen molar-refractivity contribution in [2.75, 3.05) is 0 Å². The van der Waals surface area contributed by atoms with E-state index in [9.17, 15) is 12.9 Å². The molecule has 0 saturated carbocycles. The van der Waals surface area contributed by atoms with E-state index in [2.05, 4.69) is 11.6 Å². The third kappa shape index (κ3) is 5.01. The summed E-state index contributed by atoms with van der Waals surface area (Å²) in [5.74, 6) is 0.0964. The third-order valence-corrected chi connectivity index (χ3v) is 1.77. The molecule has 0 bridgehead atoms. The number of ether oxygens (including phenoxy) is 1. The standard InChI is InChI=1S/C9H10BF3NO.K/c1-3-7(2)15-9-4-8(5-14-6-9)10(11,12)13;/h3-7H,1H2,2H3;/q-1;+1. The molecule has 2 nitrogen and oxygen atoms in total. The molecule has 0 amide bonds. The number of halogens is 3. The second-order valence-corrected chi connectivity index (χ2v) is 3.09. The molecule has 0 radical (unpaired) electrons. The summed E-state index contributed by atoms with van der Waals surface area (Å²) < 4.78 is 42.1. The molecule has 0 N–H and O–H groups in total. The Hall–Kier alpha value is 0.181. The number of hydrogen-bond donors (Lipinski definition) is 0. The van der Waals surface area contributed by atoms with E-state index in [4.69, 9.17) is 4.74 Å². The molecule has 0 aromatic carbocycles. The van der Waals surface area contributed by atoms with Gasteiger partial charge in [0.05, 0.1) is 6.20 Å². The van der Waals surface area contributed by atoms with Crippen LogP contribution in [0.1, 0.15) is 6.92 Å². The van der Waals surface area contributed by atoms with Crippen molar-refractivity contribution in [3.63, 3.8) is 0 Å². The quantitative estimate of drug-likeness (QED) is 0.513. The zero-order valence-corrected chi connectivity index (χ0v) is 12.3. The summed E-state index contributed by atoms with van der Waals surface area (Å²) in [7, 11) is 0. The summed E-state index contributed by atoms with van der Waals surface area (Å²) >= 11 is 0. The van der Waals surface area contributed by atoms with Gasteiger partial charge >= 0.3 is 58.4 Å². The Kier molecular flexibility index (Phi) is 6.88. The third-order valence-electron chi connectivity index (χ3n) is 1.77. The summed E-state index contributed by atoms with van der Waals surface area (Å²) in [6, 6.07) is 0.938. The molecule has 7 heteroatoms. The number of aromatic nitrogens is 1. The van der Waals surface area contributed by atoms with Crippen molar-refractivity contribution in [2.45, 2.75) is 13.0 Å².